The van der Waals surface area contributed by atoms with Crippen molar-refractivity contribution in [2.24, 2.45) is 0 Å². The van der Waals surface area contributed by atoms with Gasteiger partial charge in [0.25, 0.3) is 0 Å². The summed E-state index contributed by atoms with van der Waals surface area (Å²) in [6.45, 7) is 0. The first-order valence-electron chi connectivity index (χ1n) is 6.40. The number of nitrogens with one attached hydrogen (secondary N) is 1. The Morgan fingerprint density at radius 1 is 1.33 bits per heavy atom. The van der Waals surface area contributed by atoms with E-state index >= 15 is 0 Å². The number of rotatable bonds is 5. The minimum atomic E-state index is -3.50. The highest BCUT2D eigenvalue weighted by Crippen LogP contribution is 2.39. The molecule has 0 fully saturated rings. The van der Waals surface area contributed by atoms with Gasteiger partial charge >= 0.3 is 0 Å². The van der Waals surface area contributed by atoms with E-state index in [2.05, 4.69) is 31.2 Å². The van der Waals surface area contributed by atoms with Crippen LogP contribution in [-0.4, -0.2) is 38.8 Å². The molecule has 24 heavy (non-hydrogen) atoms. The van der Waals surface area contributed by atoms with E-state index in [9.17, 15) is 8.42 Å². The third-order valence-corrected chi connectivity index (χ3v) is 5.32. The fraction of sp³-hybridized carbons (Fsp3) is 0.231. The van der Waals surface area contributed by atoms with Gasteiger partial charge < -0.3 is 10.1 Å². The van der Waals surface area contributed by atoms with E-state index in [0.717, 1.165) is 10.6 Å². The van der Waals surface area contributed by atoms with Crippen molar-refractivity contribution >= 4 is 66.3 Å². The molecule has 130 valence electrons. The summed E-state index contributed by atoms with van der Waals surface area (Å²) in [7, 11) is -0.637. The van der Waals surface area contributed by atoms with Crippen LogP contribution in [0.2, 0.25) is 10.3 Å². The number of hydrogen-bond donors (Lipinski definition) is 1. The van der Waals surface area contributed by atoms with Crippen molar-refractivity contribution in [2.45, 2.75) is 0 Å². The fourth-order valence-electron chi connectivity index (χ4n) is 1.80. The van der Waals surface area contributed by atoms with Crippen LogP contribution in [0.25, 0.3) is 0 Å². The van der Waals surface area contributed by atoms with Gasteiger partial charge in [0, 0.05) is 19.3 Å². The molecule has 0 spiro atoms. The van der Waals surface area contributed by atoms with Crippen LogP contribution in [0.3, 0.4) is 0 Å². The minimum absolute atomic E-state index is 0.0401. The topological polar surface area (TPSA) is 84.4 Å². The number of anilines is 3. The summed E-state index contributed by atoms with van der Waals surface area (Å²) in [6.07, 6.45) is 2.57. The zero-order chi connectivity index (χ0) is 18.1. The lowest BCUT2D eigenvalue weighted by Crippen LogP contribution is -2.25. The SMILES string of the molecule is COc1cc(N(C)S(C)(=O)=O)c(Nc2nc(Cl)ncc2Br)cc1Cl. The zero-order valence-corrected chi connectivity index (χ0v) is 16.8. The Morgan fingerprint density at radius 3 is 2.58 bits per heavy atom. The van der Waals surface area contributed by atoms with E-state index in [1.165, 1.54) is 26.4 Å². The Morgan fingerprint density at radius 2 is 2.00 bits per heavy atom. The smallest absolute Gasteiger partial charge is 0.232 e. The second-order valence-electron chi connectivity index (χ2n) is 4.69. The third-order valence-electron chi connectivity index (χ3n) is 3.07. The first-order chi connectivity index (χ1) is 11.1. The quantitative estimate of drug-likeness (QED) is 0.692. The van der Waals surface area contributed by atoms with E-state index in [-0.39, 0.29) is 5.28 Å². The van der Waals surface area contributed by atoms with Crippen LogP contribution >= 0.6 is 39.1 Å². The molecule has 1 N–H and O–H groups in total. The van der Waals surface area contributed by atoms with Gasteiger partial charge in [0.15, 0.2) is 0 Å². The lowest BCUT2D eigenvalue weighted by Gasteiger charge is -2.22. The number of sulfonamides is 1. The molecule has 1 aromatic carbocycles. The number of aromatic nitrogens is 2. The Labute approximate surface area is 158 Å². The molecule has 0 aliphatic carbocycles. The molecular weight excluding hydrogens is 443 g/mol. The summed E-state index contributed by atoms with van der Waals surface area (Å²) in [5.74, 6) is 0.701. The van der Waals surface area contributed by atoms with E-state index in [4.69, 9.17) is 27.9 Å². The van der Waals surface area contributed by atoms with Crippen LogP contribution < -0.4 is 14.4 Å². The highest BCUT2D eigenvalue weighted by molar-refractivity contribution is 9.10. The molecule has 0 atom stereocenters. The Hall–Kier alpha value is -1.29. The average molecular weight is 456 g/mol. The Balaban J connectivity index is 2.59. The Kier molecular flexibility index (Phi) is 5.79. The molecule has 0 unspecified atom stereocenters. The molecular formula is C13H13BrCl2N4O3S. The Bertz CT molecular complexity index is 880. The standard InChI is InChI=1S/C13H13BrCl2N4O3S/c1-20(24(3,21)22)10-5-11(23-2)8(15)4-9(10)18-12-7(14)6-17-13(16)19-12/h4-6H,1-3H3,(H,17,18,19). The van der Waals surface area contributed by atoms with E-state index in [1.807, 2.05) is 0 Å². The summed E-state index contributed by atoms with van der Waals surface area (Å²) in [4.78, 5) is 7.89. The summed E-state index contributed by atoms with van der Waals surface area (Å²) >= 11 is 15.3. The molecule has 0 aliphatic heterocycles. The van der Waals surface area contributed by atoms with Crippen molar-refractivity contribution in [3.05, 3.63) is 33.1 Å². The lowest BCUT2D eigenvalue weighted by atomic mass is 10.2. The normalized spacial score (nSPS) is 11.2. The van der Waals surface area contributed by atoms with Gasteiger partial charge in [-0.3, -0.25) is 4.31 Å². The average Bonchev–Trinajstić information content (AvgIpc) is 2.49. The number of halogens is 3. The summed E-state index contributed by atoms with van der Waals surface area (Å²) < 4.78 is 30.6. The van der Waals surface area contributed by atoms with Gasteiger partial charge in [-0.1, -0.05) is 11.6 Å². The molecule has 11 heteroatoms. The van der Waals surface area contributed by atoms with Crippen molar-refractivity contribution in [2.75, 3.05) is 30.0 Å². The molecule has 1 heterocycles. The number of nitrogens with zero attached hydrogens (tertiary/aromatic N) is 3. The molecule has 0 radical (unpaired) electrons. The predicted molar refractivity (Wildman–Crippen MR) is 99.3 cm³/mol. The molecule has 0 bridgehead atoms. The second kappa shape index (κ2) is 7.30. The van der Waals surface area contributed by atoms with Crippen LogP contribution in [-0.2, 0) is 10.0 Å². The van der Waals surface area contributed by atoms with Crippen molar-refractivity contribution in [3.8, 4) is 5.75 Å². The predicted octanol–water partition coefficient (Wildman–Crippen LogP) is 3.69. The number of hydrogen-bond acceptors (Lipinski definition) is 6. The van der Waals surface area contributed by atoms with Gasteiger partial charge in [0.1, 0.15) is 11.6 Å². The third kappa shape index (κ3) is 4.21. The molecule has 2 rings (SSSR count). The molecule has 0 aliphatic rings. The van der Waals surface area contributed by atoms with Gasteiger partial charge in [-0.25, -0.2) is 13.4 Å². The molecule has 0 saturated heterocycles. The molecule has 7 nitrogen and oxygen atoms in total. The maximum absolute atomic E-state index is 11.9. The van der Waals surface area contributed by atoms with Crippen LogP contribution in [0, 0.1) is 0 Å². The molecule has 1 aromatic heterocycles. The van der Waals surface area contributed by atoms with E-state index in [0.29, 0.717) is 32.4 Å². The maximum atomic E-state index is 11.9. The molecule has 0 saturated carbocycles. The van der Waals surface area contributed by atoms with Crippen molar-refractivity contribution in [1.82, 2.24) is 9.97 Å². The summed E-state index contributed by atoms with van der Waals surface area (Å²) in [5, 5.41) is 3.35. The first-order valence-corrected chi connectivity index (χ1v) is 9.79. The lowest BCUT2D eigenvalue weighted by molar-refractivity contribution is 0.415. The van der Waals surface area contributed by atoms with Gasteiger partial charge in [0.05, 0.1) is 34.2 Å². The van der Waals surface area contributed by atoms with E-state index < -0.39 is 10.0 Å². The number of methoxy groups -OCH3 is 1. The van der Waals surface area contributed by atoms with Gasteiger partial charge in [-0.15, -0.1) is 0 Å². The van der Waals surface area contributed by atoms with Crippen molar-refractivity contribution in [3.63, 3.8) is 0 Å². The maximum Gasteiger partial charge on any atom is 0.232 e. The highest BCUT2D eigenvalue weighted by Gasteiger charge is 2.20. The molecule has 2 aromatic rings. The number of benzene rings is 1. The van der Waals surface area contributed by atoms with E-state index in [1.54, 1.807) is 6.07 Å². The molecule has 0 amide bonds. The van der Waals surface area contributed by atoms with Gasteiger partial charge in [-0.05, 0) is 33.6 Å². The first kappa shape index (κ1) is 19.0. The van der Waals surface area contributed by atoms with Crippen LogP contribution in [0.15, 0.2) is 22.8 Å². The van der Waals surface area contributed by atoms with Crippen LogP contribution in [0.4, 0.5) is 17.2 Å². The summed E-state index contributed by atoms with van der Waals surface area (Å²) in [6, 6.07) is 3.06. The summed E-state index contributed by atoms with van der Waals surface area (Å²) in [5.41, 5.74) is 0.740. The van der Waals surface area contributed by atoms with Gasteiger partial charge in [0.2, 0.25) is 15.3 Å². The second-order valence-corrected chi connectivity index (χ2v) is 8.31. The largest absolute Gasteiger partial charge is 0.495 e. The minimum Gasteiger partial charge on any atom is -0.495 e. The zero-order valence-electron chi connectivity index (χ0n) is 12.8. The van der Waals surface area contributed by atoms with Crippen molar-refractivity contribution < 1.29 is 13.2 Å². The van der Waals surface area contributed by atoms with Crippen LogP contribution in [0.1, 0.15) is 0 Å². The van der Waals surface area contributed by atoms with Crippen LogP contribution in [0.5, 0.6) is 5.75 Å². The fourth-order valence-corrected chi connectivity index (χ4v) is 2.97. The number of ether oxygens (including phenoxy) is 1. The monoisotopic (exact) mass is 454 g/mol. The van der Waals surface area contributed by atoms with Crippen molar-refractivity contribution in [1.29, 1.82) is 0 Å². The highest BCUT2D eigenvalue weighted by atomic mass is 79.9. The van der Waals surface area contributed by atoms with Gasteiger partial charge in [-0.2, -0.15) is 4.98 Å².